The summed E-state index contributed by atoms with van der Waals surface area (Å²) in [4.78, 5) is 7.06. The van der Waals surface area contributed by atoms with Gasteiger partial charge in [-0.05, 0) is 25.0 Å². The summed E-state index contributed by atoms with van der Waals surface area (Å²) in [6.07, 6.45) is 2.96. The summed E-state index contributed by atoms with van der Waals surface area (Å²) in [5, 5.41) is 0. The Bertz CT molecular complexity index is 606. The molecule has 0 N–H and O–H groups in total. The van der Waals surface area contributed by atoms with Gasteiger partial charge in [-0.3, -0.25) is 0 Å². The number of piperidine rings is 1. The van der Waals surface area contributed by atoms with E-state index < -0.39 is 10.0 Å². The summed E-state index contributed by atoms with van der Waals surface area (Å²) < 4.78 is 30.1. The zero-order valence-electron chi connectivity index (χ0n) is 12.9. The lowest BCUT2D eigenvalue weighted by Gasteiger charge is -2.31. The first-order valence-corrected chi connectivity index (χ1v) is 9.63. The maximum absolute atomic E-state index is 11.6. The molecule has 0 bridgehead atoms. The first-order valence-electron chi connectivity index (χ1n) is 7.79. The number of aromatic nitrogens is 1. The standard InChI is InChI=1S/C15H23N3O3S/c1-22(19,20)18-7-5-13(6-8-18)14-3-2-4-15(16-14)17-9-11-21-12-10-17/h2-4,13H,5-12H2,1H3. The quantitative estimate of drug-likeness (QED) is 0.831. The maximum Gasteiger partial charge on any atom is 0.211 e. The summed E-state index contributed by atoms with van der Waals surface area (Å²) in [5.41, 5.74) is 1.08. The number of morpholine rings is 1. The monoisotopic (exact) mass is 325 g/mol. The van der Waals surface area contributed by atoms with Gasteiger partial charge in [-0.1, -0.05) is 6.07 Å². The predicted molar refractivity (Wildman–Crippen MR) is 85.7 cm³/mol. The molecule has 22 heavy (non-hydrogen) atoms. The molecule has 3 heterocycles. The van der Waals surface area contributed by atoms with Crippen molar-refractivity contribution in [2.75, 3.05) is 50.5 Å². The third-order valence-corrected chi connectivity index (χ3v) is 5.74. The molecule has 1 aromatic heterocycles. The minimum absolute atomic E-state index is 0.346. The van der Waals surface area contributed by atoms with Gasteiger partial charge in [0.25, 0.3) is 0 Å². The van der Waals surface area contributed by atoms with E-state index in [-0.39, 0.29) is 0 Å². The van der Waals surface area contributed by atoms with Crippen molar-refractivity contribution in [2.24, 2.45) is 0 Å². The summed E-state index contributed by atoms with van der Waals surface area (Å²) in [5.74, 6) is 1.35. The molecule has 2 saturated heterocycles. The molecule has 0 aromatic carbocycles. The van der Waals surface area contributed by atoms with Crippen molar-refractivity contribution in [2.45, 2.75) is 18.8 Å². The Kier molecular flexibility index (Phi) is 4.65. The van der Waals surface area contributed by atoms with E-state index in [0.717, 1.165) is 50.7 Å². The van der Waals surface area contributed by atoms with Gasteiger partial charge >= 0.3 is 0 Å². The molecule has 0 aliphatic carbocycles. The van der Waals surface area contributed by atoms with E-state index in [1.807, 2.05) is 6.07 Å². The first-order chi connectivity index (χ1) is 10.5. The van der Waals surface area contributed by atoms with Crippen LogP contribution in [0.5, 0.6) is 0 Å². The summed E-state index contributed by atoms with van der Waals surface area (Å²) >= 11 is 0. The van der Waals surface area contributed by atoms with Crippen molar-refractivity contribution < 1.29 is 13.2 Å². The fourth-order valence-electron chi connectivity index (χ4n) is 3.12. The molecule has 2 fully saturated rings. The lowest BCUT2D eigenvalue weighted by Crippen LogP contribution is -2.38. The Balaban J connectivity index is 1.68. The van der Waals surface area contributed by atoms with Crippen molar-refractivity contribution in [1.29, 1.82) is 0 Å². The molecule has 0 spiro atoms. The number of sulfonamides is 1. The summed E-state index contributed by atoms with van der Waals surface area (Å²) in [7, 11) is -3.07. The molecular formula is C15H23N3O3S. The summed E-state index contributed by atoms with van der Waals surface area (Å²) in [6, 6.07) is 6.15. The van der Waals surface area contributed by atoms with E-state index in [4.69, 9.17) is 9.72 Å². The highest BCUT2D eigenvalue weighted by Crippen LogP contribution is 2.29. The fourth-order valence-corrected chi connectivity index (χ4v) is 3.99. The number of nitrogens with zero attached hydrogens (tertiary/aromatic N) is 3. The zero-order chi connectivity index (χ0) is 15.6. The van der Waals surface area contributed by atoms with E-state index in [1.54, 1.807) is 4.31 Å². The van der Waals surface area contributed by atoms with Gasteiger partial charge in [0.05, 0.1) is 19.5 Å². The molecule has 0 unspecified atom stereocenters. The highest BCUT2D eigenvalue weighted by molar-refractivity contribution is 7.88. The van der Waals surface area contributed by atoms with Crippen LogP contribution < -0.4 is 4.90 Å². The molecule has 0 radical (unpaired) electrons. The van der Waals surface area contributed by atoms with Crippen LogP contribution in [-0.4, -0.2) is 63.4 Å². The van der Waals surface area contributed by atoms with Crippen molar-refractivity contribution in [1.82, 2.24) is 9.29 Å². The average Bonchev–Trinajstić information content (AvgIpc) is 2.55. The van der Waals surface area contributed by atoms with Gasteiger partial charge in [0.2, 0.25) is 10.0 Å². The molecule has 122 valence electrons. The molecule has 1 aromatic rings. The lowest BCUT2D eigenvalue weighted by molar-refractivity contribution is 0.122. The van der Waals surface area contributed by atoms with Gasteiger partial charge in [0, 0.05) is 37.8 Å². The molecule has 2 aliphatic heterocycles. The third-order valence-electron chi connectivity index (χ3n) is 4.43. The van der Waals surface area contributed by atoms with Gasteiger partial charge in [0.1, 0.15) is 5.82 Å². The summed E-state index contributed by atoms with van der Waals surface area (Å²) in [6.45, 7) is 4.43. The Hall–Kier alpha value is -1.18. The highest BCUT2D eigenvalue weighted by Gasteiger charge is 2.26. The van der Waals surface area contributed by atoms with Crippen LogP contribution in [0.25, 0.3) is 0 Å². The lowest BCUT2D eigenvalue weighted by atomic mass is 9.94. The maximum atomic E-state index is 11.6. The van der Waals surface area contributed by atoms with Crippen LogP contribution in [-0.2, 0) is 14.8 Å². The molecule has 0 atom stereocenters. The molecule has 6 nitrogen and oxygen atoms in total. The smallest absolute Gasteiger partial charge is 0.211 e. The molecular weight excluding hydrogens is 302 g/mol. The second-order valence-electron chi connectivity index (χ2n) is 5.96. The van der Waals surface area contributed by atoms with Crippen LogP contribution in [0.15, 0.2) is 18.2 Å². The van der Waals surface area contributed by atoms with E-state index in [2.05, 4.69) is 17.0 Å². The van der Waals surface area contributed by atoms with Gasteiger partial charge < -0.3 is 9.64 Å². The fraction of sp³-hybridized carbons (Fsp3) is 0.667. The second-order valence-corrected chi connectivity index (χ2v) is 7.94. The van der Waals surface area contributed by atoms with Gasteiger partial charge in [-0.25, -0.2) is 17.7 Å². The van der Waals surface area contributed by atoms with Crippen LogP contribution in [0.3, 0.4) is 0 Å². The van der Waals surface area contributed by atoms with Crippen molar-refractivity contribution in [3.63, 3.8) is 0 Å². The Labute approximate surface area is 132 Å². The molecule has 0 amide bonds. The normalized spacial score (nSPS) is 22.0. The SMILES string of the molecule is CS(=O)(=O)N1CCC(c2cccc(N3CCOCC3)n2)CC1. The van der Waals surface area contributed by atoms with Gasteiger partial charge in [-0.2, -0.15) is 0 Å². The largest absolute Gasteiger partial charge is 0.378 e. The number of pyridine rings is 1. The van der Waals surface area contributed by atoms with Crippen LogP contribution in [0.1, 0.15) is 24.5 Å². The molecule has 0 saturated carbocycles. The third kappa shape index (κ3) is 3.59. The number of hydrogen-bond acceptors (Lipinski definition) is 5. The molecule has 2 aliphatic rings. The Morgan fingerprint density at radius 1 is 1.14 bits per heavy atom. The van der Waals surface area contributed by atoms with E-state index in [1.165, 1.54) is 6.26 Å². The van der Waals surface area contributed by atoms with Crippen molar-refractivity contribution in [3.8, 4) is 0 Å². The number of hydrogen-bond donors (Lipinski definition) is 0. The van der Waals surface area contributed by atoms with Crippen LogP contribution >= 0.6 is 0 Å². The minimum atomic E-state index is -3.07. The molecule has 7 heteroatoms. The van der Waals surface area contributed by atoms with Crippen LogP contribution in [0.4, 0.5) is 5.82 Å². The van der Waals surface area contributed by atoms with Gasteiger partial charge in [-0.15, -0.1) is 0 Å². The average molecular weight is 325 g/mol. The number of rotatable bonds is 3. The van der Waals surface area contributed by atoms with E-state index >= 15 is 0 Å². The molecule has 3 rings (SSSR count). The van der Waals surface area contributed by atoms with Crippen molar-refractivity contribution in [3.05, 3.63) is 23.9 Å². The van der Waals surface area contributed by atoms with Crippen LogP contribution in [0.2, 0.25) is 0 Å². The van der Waals surface area contributed by atoms with E-state index in [9.17, 15) is 8.42 Å². The predicted octanol–water partition coefficient (Wildman–Crippen LogP) is 1.06. The van der Waals surface area contributed by atoms with Crippen LogP contribution in [0, 0.1) is 0 Å². The number of ether oxygens (including phenoxy) is 1. The Morgan fingerprint density at radius 2 is 1.82 bits per heavy atom. The van der Waals surface area contributed by atoms with Crippen molar-refractivity contribution >= 4 is 15.8 Å². The van der Waals surface area contributed by atoms with Gasteiger partial charge in [0.15, 0.2) is 0 Å². The number of anilines is 1. The second kappa shape index (κ2) is 6.52. The highest BCUT2D eigenvalue weighted by atomic mass is 32.2. The first kappa shape index (κ1) is 15.7. The zero-order valence-corrected chi connectivity index (χ0v) is 13.8. The Morgan fingerprint density at radius 3 is 2.45 bits per heavy atom. The van der Waals surface area contributed by atoms with E-state index in [0.29, 0.717) is 19.0 Å². The topological polar surface area (TPSA) is 62.7 Å². The minimum Gasteiger partial charge on any atom is -0.378 e.